The van der Waals surface area contributed by atoms with Crippen LogP contribution in [0, 0.1) is 5.82 Å². The van der Waals surface area contributed by atoms with Crippen LogP contribution in [0.4, 0.5) is 4.39 Å². The normalized spacial score (nSPS) is 21.4. The summed E-state index contributed by atoms with van der Waals surface area (Å²) < 4.78 is 13.6. The van der Waals surface area contributed by atoms with E-state index >= 15 is 0 Å². The van der Waals surface area contributed by atoms with Crippen molar-refractivity contribution in [2.75, 3.05) is 26.7 Å². The first kappa shape index (κ1) is 16.4. The standard InChI is InChI=1S/C15H19FN2O4/c1-17(9-15(21)22)12-7-18(8-13(12)19)14(20)6-10-4-2-3-5-11(10)16/h2-5,12-13,19H,6-9H2,1H3,(H,21,22)/t12-,13+/m0/s1. The van der Waals surface area contributed by atoms with E-state index in [0.717, 1.165) is 0 Å². The van der Waals surface area contributed by atoms with Crippen LogP contribution in [0.25, 0.3) is 0 Å². The minimum Gasteiger partial charge on any atom is -0.480 e. The lowest BCUT2D eigenvalue weighted by atomic mass is 10.1. The first-order valence-electron chi connectivity index (χ1n) is 6.99. The molecule has 2 atom stereocenters. The second kappa shape index (κ2) is 6.85. The van der Waals surface area contributed by atoms with Crippen molar-refractivity contribution in [1.82, 2.24) is 9.80 Å². The highest BCUT2D eigenvalue weighted by molar-refractivity contribution is 5.79. The Kier molecular flexibility index (Phi) is 5.10. The number of likely N-dealkylation sites (tertiary alicyclic amines) is 1. The van der Waals surface area contributed by atoms with Gasteiger partial charge in [0.15, 0.2) is 0 Å². The van der Waals surface area contributed by atoms with E-state index in [1.807, 2.05) is 0 Å². The van der Waals surface area contributed by atoms with E-state index in [0.29, 0.717) is 5.56 Å². The molecule has 1 fully saturated rings. The number of likely N-dealkylation sites (N-methyl/N-ethyl adjacent to an activating group) is 1. The van der Waals surface area contributed by atoms with Gasteiger partial charge in [0, 0.05) is 13.1 Å². The summed E-state index contributed by atoms with van der Waals surface area (Å²) in [6.07, 6.45) is -0.886. The quantitative estimate of drug-likeness (QED) is 0.797. The topological polar surface area (TPSA) is 81.1 Å². The minimum atomic E-state index is -0.995. The predicted octanol–water partition coefficient (Wildman–Crippen LogP) is -0.0437. The molecule has 0 bridgehead atoms. The smallest absolute Gasteiger partial charge is 0.317 e. The lowest BCUT2D eigenvalue weighted by molar-refractivity contribution is -0.138. The zero-order chi connectivity index (χ0) is 16.3. The van der Waals surface area contributed by atoms with Gasteiger partial charge >= 0.3 is 5.97 Å². The highest BCUT2D eigenvalue weighted by Gasteiger charge is 2.36. The maximum Gasteiger partial charge on any atom is 0.317 e. The molecule has 1 aromatic rings. The van der Waals surface area contributed by atoms with Crippen LogP contribution in [0.2, 0.25) is 0 Å². The minimum absolute atomic E-state index is 0.0746. The van der Waals surface area contributed by atoms with Crippen molar-refractivity contribution in [3.05, 3.63) is 35.6 Å². The molecule has 0 radical (unpaired) electrons. The Morgan fingerprint density at radius 2 is 2.05 bits per heavy atom. The van der Waals surface area contributed by atoms with Gasteiger partial charge in [-0.2, -0.15) is 0 Å². The molecule has 1 aliphatic rings. The third kappa shape index (κ3) is 3.80. The summed E-state index contributed by atoms with van der Waals surface area (Å²) in [7, 11) is 1.59. The van der Waals surface area contributed by atoms with Crippen molar-refractivity contribution in [3.63, 3.8) is 0 Å². The third-order valence-electron chi connectivity index (χ3n) is 3.86. The van der Waals surface area contributed by atoms with Crippen LogP contribution in [0.5, 0.6) is 0 Å². The number of hydrogen-bond acceptors (Lipinski definition) is 4. The molecule has 7 heteroatoms. The molecule has 0 aliphatic carbocycles. The second-order valence-corrected chi connectivity index (χ2v) is 5.51. The molecule has 120 valence electrons. The van der Waals surface area contributed by atoms with Crippen LogP contribution in [0.3, 0.4) is 0 Å². The summed E-state index contributed by atoms with van der Waals surface area (Å²) in [6.45, 7) is 0.150. The fourth-order valence-corrected chi connectivity index (χ4v) is 2.65. The lowest BCUT2D eigenvalue weighted by Gasteiger charge is -2.24. The van der Waals surface area contributed by atoms with E-state index in [9.17, 15) is 19.1 Å². The van der Waals surface area contributed by atoms with Crippen LogP contribution in [-0.4, -0.2) is 70.7 Å². The number of rotatable bonds is 5. The maximum absolute atomic E-state index is 13.6. The van der Waals surface area contributed by atoms with Gasteiger partial charge in [-0.15, -0.1) is 0 Å². The summed E-state index contributed by atoms with van der Waals surface area (Å²) in [5.74, 6) is -1.71. The van der Waals surface area contributed by atoms with Crippen LogP contribution < -0.4 is 0 Å². The van der Waals surface area contributed by atoms with Crippen molar-refractivity contribution in [3.8, 4) is 0 Å². The van der Waals surface area contributed by atoms with Crippen molar-refractivity contribution in [1.29, 1.82) is 0 Å². The first-order valence-corrected chi connectivity index (χ1v) is 6.99. The van der Waals surface area contributed by atoms with Crippen molar-refractivity contribution < 1.29 is 24.2 Å². The number of halogens is 1. The fraction of sp³-hybridized carbons (Fsp3) is 0.467. The molecule has 0 aromatic heterocycles. The van der Waals surface area contributed by atoms with Crippen molar-refractivity contribution in [2.24, 2.45) is 0 Å². The predicted molar refractivity (Wildman–Crippen MR) is 76.7 cm³/mol. The summed E-state index contributed by atoms with van der Waals surface area (Å²) in [5.41, 5.74) is 0.310. The summed E-state index contributed by atoms with van der Waals surface area (Å²) in [6, 6.07) is 5.63. The third-order valence-corrected chi connectivity index (χ3v) is 3.86. The number of β-amino-alcohol motifs (C(OH)–C–C–N with tert-alkyl or cyclic N) is 1. The SMILES string of the molecule is CN(CC(=O)O)[C@H]1CN(C(=O)Cc2ccccc2F)C[C@H]1O. The zero-order valence-electron chi connectivity index (χ0n) is 12.3. The zero-order valence-corrected chi connectivity index (χ0v) is 12.3. The number of benzene rings is 1. The van der Waals surface area contributed by atoms with Gasteiger partial charge in [0.05, 0.1) is 25.1 Å². The molecule has 0 saturated carbocycles. The molecular weight excluding hydrogens is 291 g/mol. The molecule has 2 rings (SSSR count). The van der Waals surface area contributed by atoms with Gasteiger partial charge in [-0.25, -0.2) is 4.39 Å². The van der Waals surface area contributed by atoms with Gasteiger partial charge in [-0.1, -0.05) is 18.2 Å². The second-order valence-electron chi connectivity index (χ2n) is 5.51. The molecule has 1 saturated heterocycles. The number of amides is 1. The van der Waals surface area contributed by atoms with Crippen LogP contribution in [0.1, 0.15) is 5.56 Å². The van der Waals surface area contributed by atoms with Gasteiger partial charge in [0.2, 0.25) is 5.91 Å². The van der Waals surface area contributed by atoms with Crippen molar-refractivity contribution >= 4 is 11.9 Å². The summed E-state index contributed by atoms with van der Waals surface area (Å²) in [4.78, 5) is 25.9. The van der Waals surface area contributed by atoms with E-state index in [-0.39, 0.29) is 32.0 Å². The van der Waals surface area contributed by atoms with Gasteiger partial charge in [0.1, 0.15) is 5.82 Å². The number of carboxylic acid groups (broad SMARTS) is 1. The fourth-order valence-electron chi connectivity index (χ4n) is 2.65. The number of carbonyl (C=O) groups is 2. The Balaban J connectivity index is 1.98. The van der Waals surface area contributed by atoms with E-state index in [1.54, 1.807) is 25.2 Å². The largest absolute Gasteiger partial charge is 0.480 e. The van der Waals surface area contributed by atoms with E-state index in [1.165, 1.54) is 15.9 Å². The molecular formula is C15H19FN2O4. The number of carbonyl (C=O) groups excluding carboxylic acids is 1. The number of aliphatic hydroxyl groups excluding tert-OH is 1. The van der Waals surface area contributed by atoms with Crippen LogP contribution in [-0.2, 0) is 16.0 Å². The van der Waals surface area contributed by atoms with Gasteiger partial charge < -0.3 is 15.1 Å². The molecule has 1 aliphatic heterocycles. The highest BCUT2D eigenvalue weighted by Crippen LogP contribution is 2.17. The number of aliphatic hydroxyl groups is 1. The molecule has 0 spiro atoms. The Morgan fingerprint density at radius 1 is 1.36 bits per heavy atom. The summed E-state index contributed by atoms with van der Waals surface area (Å²) >= 11 is 0. The molecule has 1 amide bonds. The molecule has 0 unspecified atom stereocenters. The Labute approximate surface area is 127 Å². The lowest BCUT2D eigenvalue weighted by Crippen LogP contribution is -2.43. The molecule has 6 nitrogen and oxygen atoms in total. The Morgan fingerprint density at radius 3 is 2.68 bits per heavy atom. The van der Waals surface area contributed by atoms with Crippen LogP contribution in [0.15, 0.2) is 24.3 Å². The maximum atomic E-state index is 13.6. The molecule has 1 aromatic carbocycles. The average molecular weight is 310 g/mol. The van der Waals surface area contributed by atoms with E-state index in [4.69, 9.17) is 5.11 Å². The van der Waals surface area contributed by atoms with E-state index in [2.05, 4.69) is 0 Å². The van der Waals surface area contributed by atoms with Crippen LogP contribution >= 0.6 is 0 Å². The number of aliphatic carboxylic acids is 1. The molecule has 1 heterocycles. The Bertz CT molecular complexity index is 566. The van der Waals surface area contributed by atoms with Gasteiger partial charge in [-0.3, -0.25) is 14.5 Å². The number of carboxylic acids is 1. The monoisotopic (exact) mass is 310 g/mol. The highest BCUT2D eigenvalue weighted by atomic mass is 19.1. The summed E-state index contributed by atoms with van der Waals surface area (Å²) in [5, 5.41) is 18.8. The Hall–Kier alpha value is -1.99. The number of nitrogens with zero attached hydrogens (tertiary/aromatic N) is 2. The number of hydrogen-bond donors (Lipinski definition) is 2. The molecule has 2 N–H and O–H groups in total. The van der Waals surface area contributed by atoms with Gasteiger partial charge in [0.25, 0.3) is 0 Å². The van der Waals surface area contributed by atoms with Crippen molar-refractivity contribution in [2.45, 2.75) is 18.6 Å². The van der Waals surface area contributed by atoms with E-state index < -0.39 is 23.9 Å². The molecule has 22 heavy (non-hydrogen) atoms. The van der Waals surface area contributed by atoms with Gasteiger partial charge in [-0.05, 0) is 18.7 Å². The average Bonchev–Trinajstić information content (AvgIpc) is 2.83. The first-order chi connectivity index (χ1) is 10.4.